The molecule has 16 heavy (non-hydrogen) atoms. The molecule has 2 aliphatic carbocycles. The molecule has 1 aromatic rings. The van der Waals surface area contributed by atoms with Crippen LogP contribution < -0.4 is 5.32 Å². The van der Waals surface area contributed by atoms with Crippen molar-refractivity contribution in [2.75, 3.05) is 5.32 Å². The molecule has 0 radical (unpaired) electrons. The Kier molecular flexibility index (Phi) is 2.38. The van der Waals surface area contributed by atoms with Gasteiger partial charge in [-0.1, -0.05) is 6.07 Å². The zero-order valence-electron chi connectivity index (χ0n) is 9.67. The molecule has 2 fully saturated rings. The van der Waals surface area contributed by atoms with E-state index >= 15 is 0 Å². The molecule has 0 bridgehead atoms. The molecule has 1 aromatic carbocycles. The zero-order valence-corrected chi connectivity index (χ0v) is 9.67. The Bertz CT molecular complexity index is 382. The van der Waals surface area contributed by atoms with Crippen molar-refractivity contribution in [2.45, 2.75) is 38.6 Å². The van der Waals surface area contributed by atoms with Crippen LogP contribution in [0, 0.1) is 24.6 Å². The second-order valence-corrected chi connectivity index (χ2v) is 5.33. The molecule has 86 valence electrons. The van der Waals surface area contributed by atoms with E-state index in [-0.39, 0.29) is 5.82 Å². The molecule has 1 N–H and O–H groups in total. The van der Waals surface area contributed by atoms with Crippen molar-refractivity contribution in [3.05, 3.63) is 29.6 Å². The minimum atomic E-state index is -0.105. The van der Waals surface area contributed by atoms with Gasteiger partial charge in [-0.3, -0.25) is 0 Å². The fraction of sp³-hybridized carbons (Fsp3) is 0.571. The van der Waals surface area contributed by atoms with E-state index in [4.69, 9.17) is 0 Å². The third kappa shape index (κ3) is 2.06. The maximum absolute atomic E-state index is 13.7. The number of hydrogen-bond acceptors (Lipinski definition) is 1. The summed E-state index contributed by atoms with van der Waals surface area (Å²) in [5.41, 5.74) is 1.67. The van der Waals surface area contributed by atoms with Crippen molar-refractivity contribution >= 4 is 5.69 Å². The zero-order chi connectivity index (χ0) is 11.1. The quantitative estimate of drug-likeness (QED) is 0.813. The van der Waals surface area contributed by atoms with Crippen LogP contribution >= 0.6 is 0 Å². The van der Waals surface area contributed by atoms with Gasteiger partial charge in [0.05, 0.1) is 5.69 Å². The van der Waals surface area contributed by atoms with Gasteiger partial charge in [-0.2, -0.15) is 0 Å². The topological polar surface area (TPSA) is 12.0 Å². The standard InChI is InChI=1S/C14H18FN/c1-9-2-7-13(12(15)8-9)16-14(10-3-4-10)11-5-6-11/h2,7-8,10-11,14,16H,3-6H2,1H3. The van der Waals surface area contributed by atoms with Crippen molar-refractivity contribution in [1.82, 2.24) is 0 Å². The summed E-state index contributed by atoms with van der Waals surface area (Å²) in [5.74, 6) is 1.49. The number of rotatable bonds is 4. The fourth-order valence-electron chi connectivity index (χ4n) is 2.45. The molecule has 0 heterocycles. The van der Waals surface area contributed by atoms with Gasteiger partial charge in [-0.15, -0.1) is 0 Å². The first-order chi connectivity index (χ1) is 7.74. The summed E-state index contributed by atoms with van der Waals surface area (Å²) in [6, 6.07) is 5.99. The van der Waals surface area contributed by atoms with E-state index in [0.717, 1.165) is 17.4 Å². The third-order valence-electron chi connectivity index (χ3n) is 3.71. The largest absolute Gasteiger partial charge is 0.379 e. The number of halogens is 1. The molecule has 0 amide bonds. The van der Waals surface area contributed by atoms with Gasteiger partial charge in [0.25, 0.3) is 0 Å². The van der Waals surface area contributed by atoms with Gasteiger partial charge in [0.2, 0.25) is 0 Å². The summed E-state index contributed by atoms with van der Waals surface area (Å²) in [6.45, 7) is 1.92. The van der Waals surface area contributed by atoms with Gasteiger partial charge in [-0.05, 0) is 62.1 Å². The van der Waals surface area contributed by atoms with E-state index in [1.807, 2.05) is 19.1 Å². The van der Waals surface area contributed by atoms with E-state index in [2.05, 4.69) is 5.32 Å². The minimum Gasteiger partial charge on any atom is -0.379 e. The summed E-state index contributed by atoms with van der Waals surface area (Å²) in [5, 5.41) is 3.42. The molecule has 0 unspecified atom stereocenters. The Morgan fingerprint density at radius 1 is 1.19 bits per heavy atom. The summed E-state index contributed by atoms with van der Waals surface area (Å²) >= 11 is 0. The number of nitrogens with one attached hydrogen (secondary N) is 1. The first-order valence-corrected chi connectivity index (χ1v) is 6.27. The number of anilines is 1. The van der Waals surface area contributed by atoms with Crippen LogP contribution in [0.1, 0.15) is 31.2 Å². The average Bonchev–Trinajstić information content (AvgIpc) is 3.11. The number of aryl methyl sites for hydroxylation is 1. The van der Waals surface area contributed by atoms with Crippen molar-refractivity contribution in [2.24, 2.45) is 11.8 Å². The minimum absolute atomic E-state index is 0.105. The maximum atomic E-state index is 13.7. The predicted molar refractivity (Wildman–Crippen MR) is 64.0 cm³/mol. The highest BCUT2D eigenvalue weighted by atomic mass is 19.1. The summed E-state index contributed by atoms with van der Waals surface area (Å²) < 4.78 is 13.7. The molecule has 0 atom stereocenters. The Hall–Kier alpha value is -1.05. The molecule has 0 spiro atoms. The highest BCUT2D eigenvalue weighted by Gasteiger charge is 2.41. The SMILES string of the molecule is Cc1ccc(NC(C2CC2)C2CC2)c(F)c1. The van der Waals surface area contributed by atoms with Crippen LogP contribution in [0.25, 0.3) is 0 Å². The molecular formula is C14H18FN. The second-order valence-electron chi connectivity index (χ2n) is 5.33. The Morgan fingerprint density at radius 2 is 1.81 bits per heavy atom. The predicted octanol–water partition coefficient (Wildman–Crippen LogP) is 3.73. The lowest BCUT2D eigenvalue weighted by Gasteiger charge is -2.19. The van der Waals surface area contributed by atoms with Gasteiger partial charge in [0.1, 0.15) is 5.82 Å². The summed E-state index contributed by atoms with van der Waals surface area (Å²) in [6.07, 6.45) is 5.28. The first-order valence-electron chi connectivity index (χ1n) is 6.27. The Balaban J connectivity index is 1.76. The summed E-state index contributed by atoms with van der Waals surface area (Å²) in [4.78, 5) is 0. The molecule has 2 saturated carbocycles. The van der Waals surface area contributed by atoms with E-state index in [1.54, 1.807) is 6.07 Å². The molecule has 2 heteroatoms. The smallest absolute Gasteiger partial charge is 0.146 e. The molecule has 0 saturated heterocycles. The highest BCUT2D eigenvalue weighted by molar-refractivity contribution is 5.47. The van der Waals surface area contributed by atoms with E-state index in [1.165, 1.54) is 25.7 Å². The van der Waals surface area contributed by atoms with Crippen molar-refractivity contribution in [1.29, 1.82) is 0 Å². The van der Waals surface area contributed by atoms with Crippen LogP contribution in [0.4, 0.5) is 10.1 Å². The van der Waals surface area contributed by atoms with Gasteiger partial charge in [0.15, 0.2) is 0 Å². The number of benzene rings is 1. The van der Waals surface area contributed by atoms with Crippen LogP contribution in [0.15, 0.2) is 18.2 Å². The Morgan fingerprint density at radius 3 is 2.31 bits per heavy atom. The molecule has 1 nitrogen and oxygen atoms in total. The monoisotopic (exact) mass is 219 g/mol. The van der Waals surface area contributed by atoms with Crippen LogP contribution in [0.5, 0.6) is 0 Å². The van der Waals surface area contributed by atoms with Gasteiger partial charge in [0, 0.05) is 6.04 Å². The van der Waals surface area contributed by atoms with Gasteiger partial charge in [-0.25, -0.2) is 4.39 Å². The molecular weight excluding hydrogens is 201 g/mol. The van der Waals surface area contributed by atoms with Crippen LogP contribution in [-0.4, -0.2) is 6.04 Å². The Labute approximate surface area is 96.1 Å². The lowest BCUT2D eigenvalue weighted by molar-refractivity contribution is 0.557. The van der Waals surface area contributed by atoms with Crippen molar-refractivity contribution < 1.29 is 4.39 Å². The first kappa shape index (κ1) is 10.1. The molecule has 0 aliphatic heterocycles. The second kappa shape index (κ2) is 3.76. The third-order valence-corrected chi connectivity index (χ3v) is 3.71. The summed E-state index contributed by atoms with van der Waals surface area (Å²) in [7, 11) is 0. The van der Waals surface area contributed by atoms with Crippen LogP contribution in [0.3, 0.4) is 0 Å². The van der Waals surface area contributed by atoms with Gasteiger partial charge >= 0.3 is 0 Å². The lowest BCUT2D eigenvalue weighted by Crippen LogP contribution is -2.24. The van der Waals surface area contributed by atoms with Crippen LogP contribution in [-0.2, 0) is 0 Å². The van der Waals surface area contributed by atoms with E-state index in [9.17, 15) is 4.39 Å². The normalized spacial score (nSPS) is 20.2. The molecule has 0 aromatic heterocycles. The number of hydrogen-bond donors (Lipinski definition) is 1. The maximum Gasteiger partial charge on any atom is 0.146 e. The van der Waals surface area contributed by atoms with E-state index < -0.39 is 0 Å². The highest BCUT2D eigenvalue weighted by Crippen LogP contribution is 2.46. The van der Waals surface area contributed by atoms with Crippen molar-refractivity contribution in [3.8, 4) is 0 Å². The average molecular weight is 219 g/mol. The molecule has 2 aliphatic rings. The lowest BCUT2D eigenvalue weighted by atomic mass is 10.1. The van der Waals surface area contributed by atoms with Gasteiger partial charge < -0.3 is 5.32 Å². The van der Waals surface area contributed by atoms with E-state index in [0.29, 0.717) is 11.7 Å². The van der Waals surface area contributed by atoms with Crippen molar-refractivity contribution in [3.63, 3.8) is 0 Å². The van der Waals surface area contributed by atoms with Crippen LogP contribution in [0.2, 0.25) is 0 Å². The fourth-order valence-corrected chi connectivity index (χ4v) is 2.45. The molecule has 3 rings (SSSR count).